The fourth-order valence-electron chi connectivity index (χ4n) is 3.97. The third-order valence-electron chi connectivity index (χ3n) is 5.78. The van der Waals surface area contributed by atoms with Crippen LogP contribution >= 0.6 is 0 Å². The van der Waals surface area contributed by atoms with Gasteiger partial charge in [-0.25, -0.2) is 5.01 Å². The molecule has 5 rings (SSSR count). The Morgan fingerprint density at radius 3 is 1.34 bits per heavy atom. The fraction of sp³-hybridized carbons (Fsp3) is 0.0312. The van der Waals surface area contributed by atoms with E-state index in [2.05, 4.69) is 109 Å². The lowest BCUT2D eigenvalue weighted by molar-refractivity contribution is 1.09. The van der Waals surface area contributed by atoms with Crippen molar-refractivity contribution in [2.24, 2.45) is 5.10 Å². The Labute approximate surface area is 207 Å². The number of anilines is 5. The smallest absolute Gasteiger partial charge is 0.0652 e. The first-order valence-electron chi connectivity index (χ1n) is 11.7. The minimum Gasteiger partial charge on any atom is -0.311 e. The van der Waals surface area contributed by atoms with E-state index in [9.17, 15) is 0 Å². The van der Waals surface area contributed by atoms with Gasteiger partial charge in [0.1, 0.15) is 0 Å². The molecule has 0 saturated carbocycles. The Kier molecular flexibility index (Phi) is 6.67. The molecule has 35 heavy (non-hydrogen) atoms. The van der Waals surface area contributed by atoms with Crippen molar-refractivity contribution in [2.75, 3.05) is 9.91 Å². The lowest BCUT2D eigenvalue weighted by Gasteiger charge is -2.25. The highest BCUT2D eigenvalue weighted by Gasteiger charge is 2.12. The molecule has 0 saturated heterocycles. The largest absolute Gasteiger partial charge is 0.311 e. The van der Waals surface area contributed by atoms with Gasteiger partial charge in [-0.1, -0.05) is 84.4 Å². The monoisotopic (exact) mass is 453 g/mol. The number of nitrogens with zero attached hydrogens (tertiary/aromatic N) is 3. The standard InChI is InChI=1S/C32H27N3/c1-26-17-21-29(22-18-26)34(28-11-5-2-6-12-28)30-23-19-27(20-24-30)25-33-35(31-13-7-3-8-14-31)32-15-9-4-10-16-32/h2-25H,1H3/b33-25+. The molecule has 0 N–H and O–H groups in total. The van der Waals surface area contributed by atoms with Crippen LogP contribution in [0.1, 0.15) is 11.1 Å². The van der Waals surface area contributed by atoms with Gasteiger partial charge in [0.05, 0.1) is 17.6 Å². The Bertz CT molecular complexity index is 1320. The number of aryl methyl sites for hydroxylation is 1. The molecule has 3 nitrogen and oxygen atoms in total. The molecule has 0 atom stereocenters. The van der Waals surface area contributed by atoms with Crippen LogP contribution < -0.4 is 9.91 Å². The summed E-state index contributed by atoms with van der Waals surface area (Å²) in [5, 5.41) is 6.78. The molecule has 170 valence electrons. The molecule has 0 amide bonds. The molecule has 0 unspecified atom stereocenters. The summed E-state index contributed by atoms with van der Waals surface area (Å²) >= 11 is 0. The number of hydrazone groups is 1. The maximum atomic E-state index is 4.83. The van der Waals surface area contributed by atoms with Gasteiger partial charge in [-0.05, 0) is 73.2 Å². The second-order valence-corrected chi connectivity index (χ2v) is 8.33. The molecular formula is C32H27N3. The molecule has 3 heteroatoms. The summed E-state index contributed by atoms with van der Waals surface area (Å²) in [7, 11) is 0. The van der Waals surface area contributed by atoms with Gasteiger partial charge in [0.2, 0.25) is 0 Å². The first kappa shape index (κ1) is 22.2. The van der Waals surface area contributed by atoms with Crippen LogP contribution in [0.3, 0.4) is 0 Å². The van der Waals surface area contributed by atoms with Crippen LogP contribution in [-0.2, 0) is 0 Å². The topological polar surface area (TPSA) is 18.8 Å². The maximum Gasteiger partial charge on any atom is 0.0652 e. The van der Waals surface area contributed by atoms with Crippen molar-refractivity contribution in [1.82, 2.24) is 0 Å². The van der Waals surface area contributed by atoms with E-state index in [0.717, 1.165) is 34.0 Å². The summed E-state index contributed by atoms with van der Waals surface area (Å²) in [6, 6.07) is 48.0. The molecule has 0 aliphatic rings. The van der Waals surface area contributed by atoms with E-state index in [4.69, 9.17) is 5.10 Å². The molecular weight excluding hydrogens is 426 g/mol. The highest BCUT2D eigenvalue weighted by atomic mass is 15.5. The zero-order valence-corrected chi connectivity index (χ0v) is 19.7. The Morgan fingerprint density at radius 2 is 0.857 bits per heavy atom. The van der Waals surface area contributed by atoms with Crippen molar-refractivity contribution >= 4 is 34.7 Å². The van der Waals surface area contributed by atoms with Gasteiger partial charge in [-0.15, -0.1) is 0 Å². The quantitative estimate of drug-likeness (QED) is 0.181. The van der Waals surface area contributed by atoms with Crippen LogP contribution in [-0.4, -0.2) is 6.21 Å². The van der Waals surface area contributed by atoms with E-state index in [0.29, 0.717) is 0 Å². The summed E-state index contributed by atoms with van der Waals surface area (Å²) in [6.45, 7) is 2.11. The van der Waals surface area contributed by atoms with Gasteiger partial charge in [-0.2, -0.15) is 5.10 Å². The molecule has 0 heterocycles. The third kappa shape index (κ3) is 5.31. The normalized spacial score (nSPS) is 10.9. The Hall–Kier alpha value is -4.63. The summed E-state index contributed by atoms with van der Waals surface area (Å²) in [5.74, 6) is 0. The van der Waals surface area contributed by atoms with Crippen LogP contribution in [0.25, 0.3) is 0 Å². The second kappa shape index (κ2) is 10.5. The molecule has 0 aliphatic heterocycles. The number of benzene rings is 5. The summed E-state index contributed by atoms with van der Waals surface area (Å²) < 4.78 is 0. The summed E-state index contributed by atoms with van der Waals surface area (Å²) in [5.41, 5.74) is 7.65. The molecule has 0 aromatic heterocycles. The third-order valence-corrected chi connectivity index (χ3v) is 5.78. The highest BCUT2D eigenvalue weighted by Crippen LogP contribution is 2.34. The number of hydrogen-bond donors (Lipinski definition) is 0. The van der Waals surface area contributed by atoms with Gasteiger partial charge >= 0.3 is 0 Å². The first-order chi connectivity index (χ1) is 17.3. The van der Waals surface area contributed by atoms with Crippen molar-refractivity contribution in [2.45, 2.75) is 6.92 Å². The van der Waals surface area contributed by atoms with Gasteiger partial charge in [-0.3, -0.25) is 0 Å². The molecule has 0 aliphatic carbocycles. The van der Waals surface area contributed by atoms with Crippen molar-refractivity contribution in [3.63, 3.8) is 0 Å². The molecule has 0 fully saturated rings. The Balaban J connectivity index is 1.45. The van der Waals surface area contributed by atoms with Gasteiger partial charge < -0.3 is 4.90 Å². The van der Waals surface area contributed by atoms with Crippen LogP contribution in [0.5, 0.6) is 0 Å². The molecule has 5 aromatic rings. The highest BCUT2D eigenvalue weighted by molar-refractivity contribution is 5.84. The number of hydrogen-bond acceptors (Lipinski definition) is 3. The number of rotatable bonds is 7. The Morgan fingerprint density at radius 1 is 0.457 bits per heavy atom. The zero-order valence-electron chi connectivity index (χ0n) is 19.7. The first-order valence-corrected chi connectivity index (χ1v) is 11.7. The molecule has 0 bridgehead atoms. The van der Waals surface area contributed by atoms with Crippen molar-refractivity contribution in [3.05, 3.63) is 151 Å². The summed E-state index contributed by atoms with van der Waals surface area (Å²) in [6.07, 6.45) is 1.91. The second-order valence-electron chi connectivity index (χ2n) is 8.33. The van der Waals surface area contributed by atoms with E-state index in [1.165, 1.54) is 5.56 Å². The van der Waals surface area contributed by atoms with Crippen LogP contribution in [0, 0.1) is 6.92 Å². The van der Waals surface area contributed by atoms with E-state index in [-0.39, 0.29) is 0 Å². The fourth-order valence-corrected chi connectivity index (χ4v) is 3.97. The lowest BCUT2D eigenvalue weighted by Crippen LogP contribution is -2.10. The van der Waals surface area contributed by atoms with Gasteiger partial charge in [0.25, 0.3) is 0 Å². The molecule has 0 spiro atoms. The van der Waals surface area contributed by atoms with E-state index >= 15 is 0 Å². The predicted octanol–water partition coefficient (Wildman–Crippen LogP) is 8.64. The SMILES string of the molecule is Cc1ccc(N(c2ccccc2)c2ccc(/C=N/N(c3ccccc3)c3ccccc3)cc2)cc1. The van der Waals surface area contributed by atoms with Crippen LogP contribution in [0.15, 0.2) is 145 Å². The minimum atomic E-state index is 1.01. The van der Waals surface area contributed by atoms with Crippen LogP contribution in [0.2, 0.25) is 0 Å². The lowest BCUT2D eigenvalue weighted by atomic mass is 10.1. The maximum absolute atomic E-state index is 4.83. The van der Waals surface area contributed by atoms with Crippen molar-refractivity contribution < 1.29 is 0 Å². The zero-order chi connectivity index (χ0) is 23.9. The van der Waals surface area contributed by atoms with Gasteiger partial charge in [0.15, 0.2) is 0 Å². The summed E-state index contributed by atoms with van der Waals surface area (Å²) in [4.78, 5) is 2.26. The van der Waals surface area contributed by atoms with E-state index in [1.54, 1.807) is 0 Å². The van der Waals surface area contributed by atoms with E-state index in [1.807, 2.05) is 53.7 Å². The minimum absolute atomic E-state index is 1.01. The van der Waals surface area contributed by atoms with Crippen LogP contribution in [0.4, 0.5) is 28.4 Å². The van der Waals surface area contributed by atoms with Gasteiger partial charge in [0, 0.05) is 17.1 Å². The average molecular weight is 454 g/mol. The van der Waals surface area contributed by atoms with Crippen molar-refractivity contribution in [1.29, 1.82) is 0 Å². The van der Waals surface area contributed by atoms with Crippen molar-refractivity contribution in [3.8, 4) is 0 Å². The average Bonchev–Trinajstić information content (AvgIpc) is 2.93. The molecule has 0 radical (unpaired) electrons. The predicted molar refractivity (Wildman–Crippen MR) is 148 cm³/mol. The van der Waals surface area contributed by atoms with E-state index < -0.39 is 0 Å². The molecule has 5 aromatic carbocycles. The number of para-hydroxylation sites is 3.